The molecule has 0 saturated heterocycles. The molecule has 0 aliphatic rings. The number of anilines is 2. The Morgan fingerprint density at radius 2 is 1.94 bits per heavy atom. The van der Waals surface area contributed by atoms with Crippen LogP contribution in [0.5, 0.6) is 0 Å². The molecule has 0 radical (unpaired) electrons. The lowest BCUT2D eigenvalue weighted by molar-refractivity contribution is -0.116. The van der Waals surface area contributed by atoms with Crippen LogP contribution in [0, 0.1) is 6.92 Å². The molecule has 5 nitrogen and oxygen atoms in total. The smallest absolute Gasteiger partial charge is 0.225 e. The van der Waals surface area contributed by atoms with Crippen molar-refractivity contribution in [3.8, 4) is 0 Å². The summed E-state index contributed by atoms with van der Waals surface area (Å²) in [4.78, 5) is 22.3. The second-order valence-corrected chi connectivity index (χ2v) is 3.80. The van der Waals surface area contributed by atoms with E-state index in [4.69, 9.17) is 5.73 Å². The number of nitrogens with one attached hydrogen (secondary N) is 2. The Balaban J connectivity index is 0.00000289. The molecule has 0 bridgehead atoms. The molecular weight excluding hydrogens is 254 g/mol. The van der Waals surface area contributed by atoms with Crippen molar-refractivity contribution in [1.82, 2.24) is 0 Å². The second kappa shape index (κ2) is 7.68. The molecule has 100 valence electrons. The third kappa shape index (κ3) is 5.16. The van der Waals surface area contributed by atoms with Crippen LogP contribution in [0.15, 0.2) is 18.2 Å². The normalized spacial score (nSPS) is 9.28. The first-order valence-electron chi connectivity index (χ1n) is 5.41. The molecule has 0 aromatic heterocycles. The fraction of sp³-hybridized carbons (Fsp3) is 0.333. The zero-order valence-electron chi connectivity index (χ0n) is 10.4. The van der Waals surface area contributed by atoms with Gasteiger partial charge in [-0.05, 0) is 24.6 Å². The first-order valence-corrected chi connectivity index (χ1v) is 5.41. The highest BCUT2D eigenvalue weighted by atomic mass is 35.5. The Labute approximate surface area is 113 Å². The lowest BCUT2D eigenvalue weighted by atomic mass is 10.1. The SMILES string of the molecule is CC(=O)Nc1cc(NC(=O)CCN)ccc1C.Cl. The minimum Gasteiger partial charge on any atom is -0.330 e. The van der Waals surface area contributed by atoms with Crippen LogP contribution in [0.3, 0.4) is 0 Å². The predicted molar refractivity (Wildman–Crippen MR) is 75.0 cm³/mol. The van der Waals surface area contributed by atoms with Crippen molar-refractivity contribution in [2.24, 2.45) is 5.73 Å². The minimum absolute atomic E-state index is 0. The fourth-order valence-electron chi connectivity index (χ4n) is 1.38. The van der Waals surface area contributed by atoms with Crippen molar-refractivity contribution < 1.29 is 9.59 Å². The highest BCUT2D eigenvalue weighted by molar-refractivity contribution is 5.94. The van der Waals surface area contributed by atoms with Crippen molar-refractivity contribution >= 4 is 35.6 Å². The lowest BCUT2D eigenvalue weighted by Crippen LogP contribution is -2.16. The summed E-state index contributed by atoms with van der Waals surface area (Å²) in [5.74, 6) is -0.274. The van der Waals surface area contributed by atoms with E-state index >= 15 is 0 Å². The molecule has 2 amide bonds. The van der Waals surface area contributed by atoms with Crippen molar-refractivity contribution in [2.45, 2.75) is 20.3 Å². The number of amides is 2. The number of carbonyl (C=O) groups is 2. The average molecular weight is 272 g/mol. The number of carbonyl (C=O) groups excluding carboxylic acids is 2. The van der Waals surface area contributed by atoms with E-state index in [1.54, 1.807) is 12.1 Å². The van der Waals surface area contributed by atoms with Crippen LogP contribution in [0.25, 0.3) is 0 Å². The highest BCUT2D eigenvalue weighted by Gasteiger charge is 2.04. The summed E-state index contributed by atoms with van der Waals surface area (Å²) < 4.78 is 0. The Morgan fingerprint density at radius 3 is 2.50 bits per heavy atom. The van der Waals surface area contributed by atoms with Gasteiger partial charge in [-0.2, -0.15) is 0 Å². The number of halogens is 1. The van der Waals surface area contributed by atoms with Crippen molar-refractivity contribution in [2.75, 3.05) is 17.2 Å². The van der Waals surface area contributed by atoms with E-state index in [1.807, 2.05) is 13.0 Å². The summed E-state index contributed by atoms with van der Waals surface area (Å²) in [5.41, 5.74) is 7.57. The minimum atomic E-state index is -0.140. The van der Waals surface area contributed by atoms with E-state index in [0.29, 0.717) is 17.9 Å². The van der Waals surface area contributed by atoms with Gasteiger partial charge in [-0.3, -0.25) is 9.59 Å². The molecule has 0 saturated carbocycles. The number of hydrogen-bond acceptors (Lipinski definition) is 3. The standard InChI is InChI=1S/C12H17N3O2.ClH/c1-8-3-4-10(15-12(17)5-6-13)7-11(8)14-9(2)16;/h3-4,7H,5-6,13H2,1-2H3,(H,14,16)(H,15,17);1H. The highest BCUT2D eigenvalue weighted by Crippen LogP contribution is 2.20. The molecule has 0 fully saturated rings. The molecular formula is C12H18ClN3O2. The van der Waals surface area contributed by atoms with Gasteiger partial charge in [0.2, 0.25) is 11.8 Å². The van der Waals surface area contributed by atoms with Gasteiger partial charge in [0.15, 0.2) is 0 Å². The fourth-order valence-corrected chi connectivity index (χ4v) is 1.38. The third-order valence-corrected chi connectivity index (χ3v) is 2.20. The summed E-state index contributed by atoms with van der Waals surface area (Å²) in [6.45, 7) is 3.64. The first-order chi connectivity index (χ1) is 8.02. The maximum absolute atomic E-state index is 11.4. The van der Waals surface area contributed by atoms with Gasteiger partial charge in [0.05, 0.1) is 0 Å². The largest absolute Gasteiger partial charge is 0.330 e. The summed E-state index contributed by atoms with van der Waals surface area (Å²) >= 11 is 0. The Hall–Kier alpha value is -1.59. The quantitative estimate of drug-likeness (QED) is 0.779. The van der Waals surface area contributed by atoms with E-state index in [1.165, 1.54) is 6.92 Å². The van der Waals surface area contributed by atoms with E-state index in [0.717, 1.165) is 5.56 Å². The van der Waals surface area contributed by atoms with Crippen LogP contribution in [-0.4, -0.2) is 18.4 Å². The summed E-state index contributed by atoms with van der Waals surface area (Å²) in [6, 6.07) is 5.35. The van der Waals surface area contributed by atoms with Gasteiger partial charge in [-0.25, -0.2) is 0 Å². The van der Waals surface area contributed by atoms with Crippen molar-refractivity contribution in [1.29, 1.82) is 0 Å². The molecule has 1 rings (SSSR count). The van der Waals surface area contributed by atoms with Gasteiger partial charge in [0.1, 0.15) is 0 Å². The van der Waals surface area contributed by atoms with Gasteiger partial charge in [-0.15, -0.1) is 12.4 Å². The van der Waals surface area contributed by atoms with Gasteiger partial charge in [0.25, 0.3) is 0 Å². The molecule has 6 heteroatoms. The van der Waals surface area contributed by atoms with Crippen LogP contribution >= 0.6 is 12.4 Å². The Kier molecular flexibility index (Phi) is 7.00. The molecule has 1 aromatic rings. The van der Waals surface area contributed by atoms with Crippen molar-refractivity contribution in [3.63, 3.8) is 0 Å². The van der Waals surface area contributed by atoms with Gasteiger partial charge in [-0.1, -0.05) is 6.07 Å². The van der Waals surface area contributed by atoms with E-state index in [-0.39, 0.29) is 30.6 Å². The van der Waals surface area contributed by atoms with Crippen LogP contribution < -0.4 is 16.4 Å². The van der Waals surface area contributed by atoms with Gasteiger partial charge >= 0.3 is 0 Å². The van der Waals surface area contributed by atoms with Crippen LogP contribution in [-0.2, 0) is 9.59 Å². The lowest BCUT2D eigenvalue weighted by Gasteiger charge is -2.10. The van der Waals surface area contributed by atoms with E-state index in [9.17, 15) is 9.59 Å². The third-order valence-electron chi connectivity index (χ3n) is 2.20. The summed E-state index contributed by atoms with van der Waals surface area (Å²) in [6.07, 6.45) is 0.281. The molecule has 0 unspecified atom stereocenters. The number of benzene rings is 1. The molecule has 1 aromatic carbocycles. The number of hydrogen-bond donors (Lipinski definition) is 3. The number of rotatable bonds is 4. The van der Waals surface area contributed by atoms with Crippen LogP contribution in [0.2, 0.25) is 0 Å². The molecule has 0 spiro atoms. The molecule has 4 N–H and O–H groups in total. The molecule has 18 heavy (non-hydrogen) atoms. The van der Waals surface area contributed by atoms with Gasteiger partial charge in [0, 0.05) is 31.3 Å². The topological polar surface area (TPSA) is 84.2 Å². The van der Waals surface area contributed by atoms with Crippen LogP contribution in [0.1, 0.15) is 18.9 Å². The summed E-state index contributed by atoms with van der Waals surface area (Å²) in [5, 5.41) is 5.42. The van der Waals surface area contributed by atoms with Crippen molar-refractivity contribution in [3.05, 3.63) is 23.8 Å². The van der Waals surface area contributed by atoms with E-state index < -0.39 is 0 Å². The van der Waals surface area contributed by atoms with Crippen LogP contribution in [0.4, 0.5) is 11.4 Å². The Bertz CT molecular complexity index is 435. The zero-order valence-corrected chi connectivity index (χ0v) is 11.3. The number of aryl methyl sites for hydroxylation is 1. The van der Waals surface area contributed by atoms with Gasteiger partial charge < -0.3 is 16.4 Å². The zero-order chi connectivity index (χ0) is 12.8. The molecule has 0 aliphatic carbocycles. The maximum Gasteiger partial charge on any atom is 0.225 e. The predicted octanol–water partition coefficient (Wildman–Crippen LogP) is 1.66. The molecule has 0 atom stereocenters. The molecule has 0 aliphatic heterocycles. The number of nitrogens with two attached hydrogens (primary N) is 1. The first kappa shape index (κ1) is 16.4. The second-order valence-electron chi connectivity index (χ2n) is 3.80. The summed E-state index contributed by atoms with van der Waals surface area (Å²) in [7, 11) is 0. The average Bonchev–Trinajstić information content (AvgIpc) is 2.22. The molecule has 0 heterocycles. The Morgan fingerprint density at radius 1 is 1.28 bits per heavy atom. The monoisotopic (exact) mass is 271 g/mol. The van der Waals surface area contributed by atoms with E-state index in [2.05, 4.69) is 10.6 Å². The maximum atomic E-state index is 11.4.